The first-order chi connectivity index (χ1) is 11.2. The second-order valence-corrected chi connectivity index (χ2v) is 6.98. The van der Waals surface area contributed by atoms with Crippen molar-refractivity contribution >= 4 is 17.4 Å². The van der Waals surface area contributed by atoms with E-state index in [0.29, 0.717) is 12.5 Å². The highest BCUT2D eigenvalue weighted by Crippen LogP contribution is 2.37. The minimum atomic E-state index is -0.249. The van der Waals surface area contributed by atoms with Gasteiger partial charge in [-0.1, -0.05) is 24.6 Å². The minimum Gasteiger partial charge on any atom is -0.338 e. The Hall–Kier alpha value is -1.88. The van der Waals surface area contributed by atoms with E-state index in [1.54, 1.807) is 23.5 Å². The van der Waals surface area contributed by atoms with Crippen LogP contribution >= 0.6 is 11.3 Å². The summed E-state index contributed by atoms with van der Waals surface area (Å²) < 4.78 is 13.1. The van der Waals surface area contributed by atoms with Gasteiger partial charge in [0.1, 0.15) is 5.82 Å². The Morgan fingerprint density at radius 1 is 1.26 bits per heavy atom. The van der Waals surface area contributed by atoms with Crippen molar-refractivity contribution in [1.82, 2.24) is 10.6 Å². The van der Waals surface area contributed by atoms with Gasteiger partial charge in [-0.2, -0.15) is 0 Å². The molecule has 2 N–H and O–H groups in total. The molecule has 1 fully saturated rings. The van der Waals surface area contributed by atoms with E-state index >= 15 is 0 Å². The molecule has 0 bridgehead atoms. The number of carbonyl (C=O) groups is 1. The third-order valence-corrected chi connectivity index (χ3v) is 5.31. The highest BCUT2D eigenvalue weighted by molar-refractivity contribution is 7.09. The highest BCUT2D eigenvalue weighted by atomic mass is 32.1. The third kappa shape index (κ3) is 4.32. The fraction of sp³-hybridized carbons (Fsp3) is 0.389. The summed E-state index contributed by atoms with van der Waals surface area (Å²) in [6.07, 6.45) is 4.26. The molecule has 0 radical (unpaired) electrons. The number of benzene rings is 1. The molecule has 2 aromatic rings. The molecule has 1 unspecified atom stereocenters. The summed E-state index contributed by atoms with van der Waals surface area (Å²) >= 11 is 1.70. The Kier molecular flexibility index (Phi) is 5.28. The van der Waals surface area contributed by atoms with Gasteiger partial charge in [0.25, 0.3) is 0 Å². The first-order valence-corrected chi connectivity index (χ1v) is 8.92. The van der Waals surface area contributed by atoms with Crippen LogP contribution in [0, 0.1) is 11.7 Å². The van der Waals surface area contributed by atoms with E-state index in [2.05, 4.69) is 16.7 Å². The molecule has 23 heavy (non-hydrogen) atoms. The standard InChI is InChI=1S/C18H21FN2OS/c19-15-8-6-14(7-9-15)17(13-3-1-4-13)21-18(22)20-11-10-16-5-2-12-23-16/h2,5-9,12-13,17H,1,3-4,10-11H2,(H2,20,21,22). The molecule has 0 saturated heterocycles. The summed E-state index contributed by atoms with van der Waals surface area (Å²) in [5, 5.41) is 8.02. The summed E-state index contributed by atoms with van der Waals surface area (Å²) in [4.78, 5) is 13.4. The summed E-state index contributed by atoms with van der Waals surface area (Å²) in [5.74, 6) is 0.199. The first kappa shape index (κ1) is 16.0. The molecular formula is C18H21FN2OS. The molecule has 0 aliphatic heterocycles. The van der Waals surface area contributed by atoms with Crippen LogP contribution in [0.15, 0.2) is 41.8 Å². The van der Waals surface area contributed by atoms with Crippen LogP contribution in [0.5, 0.6) is 0 Å². The van der Waals surface area contributed by atoms with Crippen LogP contribution in [0.2, 0.25) is 0 Å². The molecule has 1 aromatic carbocycles. The number of hydrogen-bond donors (Lipinski definition) is 2. The second kappa shape index (κ2) is 7.59. The van der Waals surface area contributed by atoms with Gasteiger partial charge in [0, 0.05) is 11.4 Å². The topological polar surface area (TPSA) is 41.1 Å². The van der Waals surface area contributed by atoms with E-state index in [0.717, 1.165) is 24.8 Å². The van der Waals surface area contributed by atoms with Crippen LogP contribution in [-0.4, -0.2) is 12.6 Å². The zero-order valence-electron chi connectivity index (χ0n) is 12.9. The molecule has 1 atom stereocenters. The lowest BCUT2D eigenvalue weighted by molar-refractivity contribution is 0.208. The van der Waals surface area contributed by atoms with Crippen molar-refractivity contribution in [2.75, 3.05) is 6.54 Å². The van der Waals surface area contributed by atoms with Gasteiger partial charge >= 0.3 is 6.03 Å². The van der Waals surface area contributed by atoms with Gasteiger partial charge in [-0.3, -0.25) is 0 Å². The summed E-state index contributed by atoms with van der Waals surface area (Å²) in [5.41, 5.74) is 0.976. The number of rotatable bonds is 6. The van der Waals surface area contributed by atoms with Gasteiger partial charge in [-0.15, -0.1) is 11.3 Å². The molecule has 0 spiro atoms. The molecule has 122 valence electrons. The van der Waals surface area contributed by atoms with Crippen LogP contribution in [0.4, 0.5) is 9.18 Å². The fourth-order valence-corrected chi connectivity index (χ4v) is 3.57. The Morgan fingerprint density at radius 3 is 2.65 bits per heavy atom. The van der Waals surface area contributed by atoms with Crippen molar-refractivity contribution in [2.24, 2.45) is 5.92 Å². The van der Waals surface area contributed by atoms with E-state index < -0.39 is 0 Å². The summed E-state index contributed by atoms with van der Waals surface area (Å²) in [7, 11) is 0. The number of hydrogen-bond acceptors (Lipinski definition) is 2. The molecule has 1 saturated carbocycles. The number of nitrogens with one attached hydrogen (secondary N) is 2. The monoisotopic (exact) mass is 332 g/mol. The molecule has 1 aliphatic rings. The predicted octanol–water partition coefficient (Wildman–Crippen LogP) is 4.27. The van der Waals surface area contributed by atoms with Crippen molar-refractivity contribution < 1.29 is 9.18 Å². The molecule has 3 nitrogen and oxygen atoms in total. The first-order valence-electron chi connectivity index (χ1n) is 8.04. The van der Waals surface area contributed by atoms with Crippen LogP contribution in [0.25, 0.3) is 0 Å². The Labute approximate surface area is 139 Å². The maximum Gasteiger partial charge on any atom is 0.315 e. The maximum absolute atomic E-state index is 13.1. The SMILES string of the molecule is O=C(NCCc1cccs1)NC(c1ccc(F)cc1)C1CCC1. The van der Waals surface area contributed by atoms with E-state index in [9.17, 15) is 9.18 Å². The lowest BCUT2D eigenvalue weighted by atomic mass is 9.77. The number of urea groups is 1. The average Bonchev–Trinajstić information content (AvgIpc) is 2.99. The quantitative estimate of drug-likeness (QED) is 0.815. The minimum absolute atomic E-state index is 0.0360. The number of thiophene rings is 1. The van der Waals surface area contributed by atoms with Crippen molar-refractivity contribution in [3.63, 3.8) is 0 Å². The Balaban J connectivity index is 1.55. The largest absolute Gasteiger partial charge is 0.338 e. The van der Waals surface area contributed by atoms with E-state index in [4.69, 9.17) is 0 Å². The number of halogens is 1. The molecule has 5 heteroatoms. The van der Waals surface area contributed by atoms with Crippen molar-refractivity contribution in [1.29, 1.82) is 0 Å². The van der Waals surface area contributed by atoms with E-state index in [1.807, 2.05) is 11.4 Å². The van der Waals surface area contributed by atoms with Crippen LogP contribution < -0.4 is 10.6 Å². The van der Waals surface area contributed by atoms with Crippen molar-refractivity contribution in [2.45, 2.75) is 31.7 Å². The molecule has 1 aliphatic carbocycles. The Bertz CT molecular complexity index is 623. The van der Waals surface area contributed by atoms with Gasteiger partial charge in [-0.25, -0.2) is 9.18 Å². The van der Waals surface area contributed by atoms with Gasteiger partial charge in [0.05, 0.1) is 6.04 Å². The molecule has 3 rings (SSSR count). The summed E-state index contributed by atoms with van der Waals surface area (Å²) in [6.45, 7) is 0.618. The van der Waals surface area contributed by atoms with Crippen molar-refractivity contribution in [3.05, 3.63) is 58.0 Å². The van der Waals surface area contributed by atoms with Crippen molar-refractivity contribution in [3.8, 4) is 0 Å². The molecule has 1 heterocycles. The molecule has 2 amide bonds. The summed E-state index contributed by atoms with van der Waals surface area (Å²) in [6, 6.07) is 10.3. The van der Waals surface area contributed by atoms with Gasteiger partial charge in [0.15, 0.2) is 0 Å². The Morgan fingerprint density at radius 2 is 2.04 bits per heavy atom. The lowest BCUT2D eigenvalue weighted by Crippen LogP contribution is -2.42. The van der Waals surface area contributed by atoms with E-state index in [1.165, 1.54) is 23.4 Å². The third-order valence-electron chi connectivity index (χ3n) is 4.37. The number of carbonyl (C=O) groups excluding carboxylic acids is 1. The second-order valence-electron chi connectivity index (χ2n) is 5.95. The predicted molar refractivity (Wildman–Crippen MR) is 91.0 cm³/mol. The number of amides is 2. The smallest absolute Gasteiger partial charge is 0.315 e. The zero-order chi connectivity index (χ0) is 16.1. The molecular weight excluding hydrogens is 311 g/mol. The maximum atomic E-state index is 13.1. The van der Waals surface area contributed by atoms with Gasteiger partial charge < -0.3 is 10.6 Å². The van der Waals surface area contributed by atoms with Gasteiger partial charge in [0.2, 0.25) is 0 Å². The van der Waals surface area contributed by atoms with Crippen LogP contribution in [-0.2, 0) is 6.42 Å². The van der Waals surface area contributed by atoms with Crippen LogP contribution in [0.1, 0.15) is 35.7 Å². The van der Waals surface area contributed by atoms with Crippen LogP contribution in [0.3, 0.4) is 0 Å². The normalized spacial score (nSPS) is 15.7. The lowest BCUT2D eigenvalue weighted by Gasteiger charge is -2.34. The van der Waals surface area contributed by atoms with E-state index in [-0.39, 0.29) is 17.9 Å². The molecule has 1 aromatic heterocycles. The highest BCUT2D eigenvalue weighted by Gasteiger charge is 2.29. The van der Waals surface area contributed by atoms with Gasteiger partial charge in [-0.05, 0) is 54.3 Å². The fourth-order valence-electron chi connectivity index (χ4n) is 2.86. The zero-order valence-corrected chi connectivity index (χ0v) is 13.7. The average molecular weight is 332 g/mol.